The largest absolute Gasteiger partial charge is 0.493 e. The van der Waals surface area contributed by atoms with Crippen LogP contribution in [0.4, 0.5) is 5.69 Å². The Morgan fingerprint density at radius 3 is 2.23 bits per heavy atom. The number of hydrogen-bond acceptors (Lipinski definition) is 8. The van der Waals surface area contributed by atoms with Gasteiger partial charge in [-0.2, -0.15) is 0 Å². The second-order valence-electron chi connectivity index (χ2n) is 7.96. The van der Waals surface area contributed by atoms with Crippen molar-refractivity contribution >= 4 is 11.6 Å². The van der Waals surface area contributed by atoms with E-state index in [0.29, 0.717) is 6.54 Å². The van der Waals surface area contributed by atoms with Crippen molar-refractivity contribution in [3.05, 3.63) is 21.7 Å². The van der Waals surface area contributed by atoms with Crippen LogP contribution in [-0.4, -0.2) is 74.4 Å². The lowest BCUT2D eigenvalue weighted by Gasteiger charge is -2.45. The molecule has 168 valence electrons. The number of morpholine rings is 1. The van der Waals surface area contributed by atoms with Crippen LogP contribution in [0.2, 0.25) is 0 Å². The Morgan fingerprint density at radius 2 is 1.77 bits per heavy atom. The molecule has 1 heterocycles. The predicted molar refractivity (Wildman–Crippen MR) is 111 cm³/mol. The number of carbonyl (C=O) groups excluding carboxylic acids is 1. The summed E-state index contributed by atoms with van der Waals surface area (Å²) in [5.41, 5.74) is -1.01. The highest BCUT2D eigenvalue weighted by molar-refractivity contribution is 6.00. The summed E-state index contributed by atoms with van der Waals surface area (Å²) in [5.74, 6) is -0.537. The van der Waals surface area contributed by atoms with Gasteiger partial charge in [0, 0.05) is 31.2 Å². The van der Waals surface area contributed by atoms with Crippen molar-refractivity contribution < 1.29 is 28.7 Å². The third-order valence-electron chi connectivity index (χ3n) is 5.19. The molecule has 1 saturated heterocycles. The summed E-state index contributed by atoms with van der Waals surface area (Å²) < 4.78 is 21.4. The van der Waals surface area contributed by atoms with E-state index in [1.54, 1.807) is 0 Å². The zero-order valence-corrected chi connectivity index (χ0v) is 18.6. The van der Waals surface area contributed by atoms with E-state index in [9.17, 15) is 14.9 Å². The Labute approximate surface area is 176 Å². The van der Waals surface area contributed by atoms with E-state index in [0.717, 1.165) is 13.1 Å². The minimum atomic E-state index is -0.661. The van der Waals surface area contributed by atoms with Crippen molar-refractivity contribution in [2.45, 2.75) is 45.4 Å². The first-order valence-corrected chi connectivity index (χ1v) is 9.71. The van der Waals surface area contributed by atoms with Gasteiger partial charge in [0.1, 0.15) is 5.56 Å². The molecular weight excluding hydrogens is 394 g/mol. The van der Waals surface area contributed by atoms with E-state index in [1.165, 1.54) is 27.4 Å². The average molecular weight is 425 g/mol. The first-order chi connectivity index (χ1) is 14.0. The lowest BCUT2D eigenvalue weighted by atomic mass is 9.99. The maximum absolute atomic E-state index is 13.0. The summed E-state index contributed by atoms with van der Waals surface area (Å²) in [7, 11) is 4.00. The van der Waals surface area contributed by atoms with Crippen LogP contribution in [-0.2, 0) is 4.74 Å². The van der Waals surface area contributed by atoms with Gasteiger partial charge in [-0.1, -0.05) is 0 Å². The molecule has 0 saturated carbocycles. The number of carbonyl (C=O) groups is 1. The highest BCUT2D eigenvalue weighted by atomic mass is 16.6. The molecule has 1 aromatic carbocycles. The molecule has 0 aromatic heterocycles. The zero-order chi connectivity index (χ0) is 22.6. The number of methoxy groups -OCH3 is 3. The number of nitrogens with one attached hydrogen (secondary N) is 1. The molecule has 2 atom stereocenters. The monoisotopic (exact) mass is 425 g/mol. The molecule has 1 aromatic rings. The van der Waals surface area contributed by atoms with Crippen LogP contribution in [0.3, 0.4) is 0 Å². The fourth-order valence-electron chi connectivity index (χ4n) is 3.67. The number of nitro groups is 1. The fourth-order valence-corrected chi connectivity index (χ4v) is 3.67. The maximum atomic E-state index is 13.0. The summed E-state index contributed by atoms with van der Waals surface area (Å²) in [6, 6.07) is 1.29. The van der Waals surface area contributed by atoms with E-state index in [2.05, 4.69) is 10.2 Å². The van der Waals surface area contributed by atoms with Crippen molar-refractivity contribution in [1.82, 2.24) is 10.2 Å². The van der Waals surface area contributed by atoms with Crippen LogP contribution in [0.25, 0.3) is 0 Å². The quantitative estimate of drug-likeness (QED) is 0.498. The van der Waals surface area contributed by atoms with Gasteiger partial charge in [0.05, 0.1) is 38.5 Å². The van der Waals surface area contributed by atoms with Gasteiger partial charge in [-0.15, -0.1) is 0 Å². The molecule has 30 heavy (non-hydrogen) atoms. The molecule has 1 fully saturated rings. The van der Waals surface area contributed by atoms with E-state index in [4.69, 9.17) is 18.9 Å². The van der Waals surface area contributed by atoms with Crippen LogP contribution in [0.15, 0.2) is 6.07 Å². The SMILES string of the molecule is COc1cc(C(=O)NCC(C)(C)N2CC(C)OC(C)C2)c([N+](=O)[O-])c(OC)c1OC. The number of nitro benzene ring substituents is 1. The minimum Gasteiger partial charge on any atom is -0.493 e. The van der Waals surface area contributed by atoms with Crippen molar-refractivity contribution in [3.63, 3.8) is 0 Å². The molecule has 10 heteroatoms. The summed E-state index contributed by atoms with van der Waals surface area (Å²) in [6.45, 7) is 9.81. The van der Waals surface area contributed by atoms with E-state index < -0.39 is 16.5 Å². The van der Waals surface area contributed by atoms with Crippen LogP contribution >= 0.6 is 0 Å². The molecule has 1 aliphatic rings. The summed E-state index contributed by atoms with van der Waals surface area (Å²) in [6.07, 6.45) is 0.167. The molecule has 0 radical (unpaired) electrons. The van der Waals surface area contributed by atoms with E-state index in [-0.39, 0.29) is 40.6 Å². The molecule has 1 N–H and O–H groups in total. The zero-order valence-electron chi connectivity index (χ0n) is 18.6. The van der Waals surface area contributed by atoms with Gasteiger partial charge in [0.15, 0.2) is 5.75 Å². The third kappa shape index (κ3) is 4.93. The molecule has 2 unspecified atom stereocenters. The molecule has 2 rings (SSSR count). The van der Waals surface area contributed by atoms with Crippen LogP contribution < -0.4 is 19.5 Å². The molecule has 0 spiro atoms. The topological polar surface area (TPSA) is 112 Å². The fraction of sp³-hybridized carbons (Fsp3) is 0.650. The number of hydrogen-bond donors (Lipinski definition) is 1. The van der Waals surface area contributed by atoms with Crippen LogP contribution in [0, 0.1) is 10.1 Å². The number of amides is 1. The lowest BCUT2D eigenvalue weighted by molar-refractivity contribution is -0.386. The number of ether oxygens (including phenoxy) is 4. The molecule has 1 aliphatic heterocycles. The lowest BCUT2D eigenvalue weighted by Crippen LogP contribution is -2.58. The van der Waals surface area contributed by atoms with Gasteiger partial charge in [-0.25, -0.2) is 0 Å². The third-order valence-corrected chi connectivity index (χ3v) is 5.19. The summed E-state index contributed by atoms with van der Waals surface area (Å²) in [5, 5.41) is 14.5. The molecule has 1 amide bonds. The highest BCUT2D eigenvalue weighted by Crippen LogP contribution is 2.46. The molecular formula is C20H31N3O7. The van der Waals surface area contributed by atoms with E-state index in [1.807, 2.05) is 27.7 Å². The van der Waals surface area contributed by atoms with Crippen LogP contribution in [0.1, 0.15) is 38.1 Å². The standard InChI is InChI=1S/C20H31N3O7/c1-12-9-22(10-13(2)30-12)20(3,4)11-21-19(24)14-8-15(27-5)17(28-6)18(29-7)16(14)23(25)26/h8,12-13H,9-11H2,1-7H3,(H,21,24). The second kappa shape index (κ2) is 9.48. The average Bonchev–Trinajstić information content (AvgIpc) is 2.69. The summed E-state index contributed by atoms with van der Waals surface area (Å²) in [4.78, 5) is 26.3. The molecule has 0 bridgehead atoms. The van der Waals surface area contributed by atoms with Gasteiger partial charge < -0.3 is 24.3 Å². The van der Waals surface area contributed by atoms with Gasteiger partial charge in [0.25, 0.3) is 5.91 Å². The minimum absolute atomic E-state index is 0.0554. The van der Waals surface area contributed by atoms with E-state index >= 15 is 0 Å². The van der Waals surface area contributed by atoms with Crippen molar-refractivity contribution in [1.29, 1.82) is 0 Å². The number of rotatable bonds is 8. The Kier molecular flexibility index (Phi) is 7.49. The van der Waals surface area contributed by atoms with Gasteiger partial charge in [-0.3, -0.25) is 19.8 Å². The predicted octanol–water partition coefficient (Wildman–Crippen LogP) is 2.24. The summed E-state index contributed by atoms with van der Waals surface area (Å²) >= 11 is 0. The van der Waals surface area contributed by atoms with Crippen LogP contribution in [0.5, 0.6) is 17.2 Å². The first-order valence-electron chi connectivity index (χ1n) is 9.71. The Balaban J connectivity index is 2.31. The Hall–Kier alpha value is -2.59. The Bertz CT molecular complexity index is 787. The highest BCUT2D eigenvalue weighted by Gasteiger charge is 2.36. The van der Waals surface area contributed by atoms with Gasteiger partial charge >= 0.3 is 5.69 Å². The van der Waals surface area contributed by atoms with Crippen molar-refractivity contribution in [2.75, 3.05) is 41.0 Å². The molecule has 0 aliphatic carbocycles. The maximum Gasteiger partial charge on any atom is 0.327 e. The Morgan fingerprint density at radius 1 is 1.20 bits per heavy atom. The van der Waals surface area contributed by atoms with Gasteiger partial charge in [0.2, 0.25) is 11.5 Å². The second-order valence-corrected chi connectivity index (χ2v) is 7.96. The van der Waals surface area contributed by atoms with Gasteiger partial charge in [-0.05, 0) is 27.7 Å². The normalized spacial score (nSPS) is 19.8. The molecule has 10 nitrogen and oxygen atoms in total. The van der Waals surface area contributed by atoms with Crippen molar-refractivity contribution in [3.8, 4) is 17.2 Å². The number of benzene rings is 1. The number of nitrogens with zero attached hydrogens (tertiary/aromatic N) is 2. The van der Waals surface area contributed by atoms with Crippen molar-refractivity contribution in [2.24, 2.45) is 0 Å². The smallest absolute Gasteiger partial charge is 0.327 e. The first kappa shape index (κ1) is 23.7.